The number of amides is 1. The third-order valence-electron chi connectivity index (χ3n) is 4.68. The Hall–Kier alpha value is -3.48. The zero-order chi connectivity index (χ0) is 19.1. The summed E-state index contributed by atoms with van der Waals surface area (Å²) < 4.78 is 3.48. The van der Waals surface area contributed by atoms with Crippen molar-refractivity contribution in [3.05, 3.63) is 59.5 Å². The van der Waals surface area contributed by atoms with Crippen molar-refractivity contribution in [2.45, 2.75) is 13.8 Å². The molecule has 1 aromatic carbocycles. The quantitative estimate of drug-likeness (QED) is 0.608. The molecule has 1 amide bonds. The number of pyridine rings is 1. The summed E-state index contributed by atoms with van der Waals surface area (Å²) in [6, 6.07) is 11.2. The van der Waals surface area contributed by atoms with Crippen LogP contribution in [-0.4, -0.2) is 30.5 Å². The Morgan fingerprint density at radius 1 is 1.07 bits per heavy atom. The van der Waals surface area contributed by atoms with E-state index in [4.69, 9.17) is 4.98 Å². The maximum Gasteiger partial charge on any atom is 0.257 e. The zero-order valence-electron chi connectivity index (χ0n) is 15.7. The van der Waals surface area contributed by atoms with Crippen LogP contribution >= 0.6 is 0 Å². The fraction of sp³-hybridized carbons (Fsp3) is 0.200. The number of aromatic nitrogens is 5. The molecule has 0 aliphatic rings. The van der Waals surface area contributed by atoms with Gasteiger partial charge < -0.3 is 5.32 Å². The number of para-hydroxylation sites is 1. The number of nitrogens with zero attached hydrogens (tertiary/aromatic N) is 5. The van der Waals surface area contributed by atoms with Gasteiger partial charge in [-0.05, 0) is 26.0 Å². The minimum absolute atomic E-state index is 0.215. The smallest absolute Gasteiger partial charge is 0.257 e. The summed E-state index contributed by atoms with van der Waals surface area (Å²) >= 11 is 0. The molecule has 0 bridgehead atoms. The van der Waals surface area contributed by atoms with Gasteiger partial charge in [0.15, 0.2) is 5.82 Å². The van der Waals surface area contributed by atoms with Crippen molar-refractivity contribution in [3.63, 3.8) is 0 Å². The molecule has 3 aromatic heterocycles. The molecule has 27 heavy (non-hydrogen) atoms. The Morgan fingerprint density at radius 2 is 1.85 bits per heavy atom. The number of aryl methyl sites for hydroxylation is 3. The van der Waals surface area contributed by atoms with Crippen molar-refractivity contribution in [2.24, 2.45) is 14.1 Å². The second-order valence-electron chi connectivity index (χ2n) is 6.57. The van der Waals surface area contributed by atoms with Crippen LogP contribution in [0.25, 0.3) is 22.2 Å². The third-order valence-corrected chi connectivity index (χ3v) is 4.68. The first-order valence-electron chi connectivity index (χ1n) is 8.65. The van der Waals surface area contributed by atoms with E-state index in [0.29, 0.717) is 11.4 Å². The number of carbonyl (C=O) groups is 1. The fourth-order valence-corrected chi connectivity index (χ4v) is 3.30. The molecule has 4 rings (SSSR count). The molecule has 7 heteroatoms. The van der Waals surface area contributed by atoms with Gasteiger partial charge in [-0.1, -0.05) is 18.2 Å². The van der Waals surface area contributed by atoms with Crippen LogP contribution in [0.4, 0.5) is 5.82 Å². The first kappa shape index (κ1) is 17.0. The molecular formula is C20H20N6O. The van der Waals surface area contributed by atoms with E-state index < -0.39 is 0 Å². The molecule has 136 valence electrons. The van der Waals surface area contributed by atoms with Gasteiger partial charge in [0.2, 0.25) is 0 Å². The number of fused-ring (bicyclic) bond motifs is 1. The average molecular weight is 360 g/mol. The third kappa shape index (κ3) is 2.97. The molecule has 0 unspecified atom stereocenters. The summed E-state index contributed by atoms with van der Waals surface area (Å²) in [6.45, 7) is 3.95. The summed E-state index contributed by atoms with van der Waals surface area (Å²) in [6.07, 6.45) is 1.79. The van der Waals surface area contributed by atoms with Crippen molar-refractivity contribution in [1.29, 1.82) is 0 Å². The second-order valence-corrected chi connectivity index (χ2v) is 6.57. The molecule has 4 aromatic rings. The molecule has 0 saturated heterocycles. The second kappa shape index (κ2) is 6.35. The zero-order valence-corrected chi connectivity index (χ0v) is 15.7. The number of nitrogens with one attached hydrogen (secondary N) is 1. The van der Waals surface area contributed by atoms with Crippen LogP contribution in [0.15, 0.2) is 42.6 Å². The molecule has 0 fully saturated rings. The summed E-state index contributed by atoms with van der Waals surface area (Å²) in [5, 5.41) is 12.4. The van der Waals surface area contributed by atoms with Gasteiger partial charge >= 0.3 is 0 Å². The van der Waals surface area contributed by atoms with E-state index in [9.17, 15) is 4.79 Å². The normalized spacial score (nSPS) is 11.1. The SMILES string of the molecule is Cc1nn(C)c(C)c1-c1cc(C(=O)Nc2ccn(C)n2)c2ccccc2n1. The van der Waals surface area contributed by atoms with Gasteiger partial charge in [0.05, 0.1) is 22.5 Å². The molecule has 3 heterocycles. The number of carbonyl (C=O) groups excluding carboxylic acids is 1. The van der Waals surface area contributed by atoms with Crippen molar-refractivity contribution >= 4 is 22.6 Å². The molecule has 1 N–H and O–H groups in total. The van der Waals surface area contributed by atoms with E-state index >= 15 is 0 Å². The first-order chi connectivity index (χ1) is 12.9. The predicted octanol–water partition coefficient (Wildman–Crippen LogP) is 3.24. The van der Waals surface area contributed by atoms with Crippen LogP contribution in [0, 0.1) is 13.8 Å². The summed E-state index contributed by atoms with van der Waals surface area (Å²) in [7, 11) is 3.71. The minimum atomic E-state index is -0.215. The van der Waals surface area contributed by atoms with E-state index in [1.54, 1.807) is 16.9 Å². The van der Waals surface area contributed by atoms with Gasteiger partial charge in [-0.3, -0.25) is 14.2 Å². The molecular weight excluding hydrogens is 340 g/mol. The monoisotopic (exact) mass is 360 g/mol. The van der Waals surface area contributed by atoms with Crippen molar-refractivity contribution < 1.29 is 4.79 Å². The number of rotatable bonds is 3. The van der Waals surface area contributed by atoms with Crippen molar-refractivity contribution in [2.75, 3.05) is 5.32 Å². The molecule has 0 aliphatic heterocycles. The largest absolute Gasteiger partial charge is 0.305 e. The molecule has 0 aliphatic carbocycles. The van der Waals surface area contributed by atoms with Gasteiger partial charge in [0.25, 0.3) is 5.91 Å². The maximum atomic E-state index is 13.0. The lowest BCUT2D eigenvalue weighted by atomic mass is 10.0. The Labute approximate surface area is 156 Å². The molecule has 7 nitrogen and oxygen atoms in total. The number of anilines is 1. The van der Waals surface area contributed by atoms with Gasteiger partial charge in [-0.15, -0.1) is 0 Å². The minimum Gasteiger partial charge on any atom is -0.305 e. The molecule has 0 radical (unpaired) electrons. The predicted molar refractivity (Wildman–Crippen MR) is 105 cm³/mol. The summed E-state index contributed by atoms with van der Waals surface area (Å²) in [4.78, 5) is 17.8. The van der Waals surface area contributed by atoms with E-state index in [-0.39, 0.29) is 5.91 Å². The Balaban J connectivity index is 1.87. The lowest BCUT2D eigenvalue weighted by molar-refractivity contribution is 0.102. The average Bonchev–Trinajstić information content (AvgIpc) is 3.16. The number of hydrogen-bond donors (Lipinski definition) is 1. The molecule has 0 spiro atoms. The van der Waals surface area contributed by atoms with Crippen LogP contribution in [0.1, 0.15) is 21.7 Å². The van der Waals surface area contributed by atoms with Crippen LogP contribution in [0.5, 0.6) is 0 Å². The number of hydrogen-bond acceptors (Lipinski definition) is 4. The van der Waals surface area contributed by atoms with Gasteiger partial charge in [-0.2, -0.15) is 10.2 Å². The van der Waals surface area contributed by atoms with Crippen molar-refractivity contribution in [1.82, 2.24) is 24.5 Å². The standard InChI is InChI=1S/C20H20N6O/c1-12-19(13(2)26(4)23-12)17-11-15(14-7-5-6-8-16(14)21-17)20(27)22-18-9-10-25(3)24-18/h5-11H,1-4H3,(H,22,24,27). The van der Waals surface area contributed by atoms with E-state index in [2.05, 4.69) is 15.5 Å². The Morgan fingerprint density at radius 3 is 2.52 bits per heavy atom. The summed E-state index contributed by atoms with van der Waals surface area (Å²) in [5.41, 5.74) is 4.91. The van der Waals surface area contributed by atoms with Crippen LogP contribution < -0.4 is 5.32 Å². The van der Waals surface area contributed by atoms with E-state index in [1.165, 1.54) is 0 Å². The van der Waals surface area contributed by atoms with Gasteiger partial charge in [-0.25, -0.2) is 4.98 Å². The van der Waals surface area contributed by atoms with E-state index in [0.717, 1.165) is 33.5 Å². The topological polar surface area (TPSA) is 77.6 Å². The lowest BCUT2D eigenvalue weighted by Gasteiger charge is -2.10. The number of benzene rings is 1. The fourth-order valence-electron chi connectivity index (χ4n) is 3.30. The molecule has 0 atom stereocenters. The van der Waals surface area contributed by atoms with Crippen LogP contribution in [0.2, 0.25) is 0 Å². The Kier molecular flexibility index (Phi) is 3.99. The highest BCUT2D eigenvalue weighted by molar-refractivity contribution is 6.12. The summed E-state index contributed by atoms with van der Waals surface area (Å²) in [5.74, 6) is 0.298. The van der Waals surface area contributed by atoms with E-state index in [1.807, 2.05) is 63.0 Å². The van der Waals surface area contributed by atoms with Crippen LogP contribution in [0.3, 0.4) is 0 Å². The highest BCUT2D eigenvalue weighted by Crippen LogP contribution is 2.29. The van der Waals surface area contributed by atoms with Gasteiger partial charge in [0, 0.05) is 43.0 Å². The Bertz CT molecular complexity index is 1170. The highest BCUT2D eigenvalue weighted by atomic mass is 16.1. The molecule has 0 saturated carbocycles. The lowest BCUT2D eigenvalue weighted by Crippen LogP contribution is -2.14. The maximum absolute atomic E-state index is 13.0. The van der Waals surface area contributed by atoms with Gasteiger partial charge in [0.1, 0.15) is 0 Å². The van der Waals surface area contributed by atoms with Crippen LogP contribution in [-0.2, 0) is 14.1 Å². The first-order valence-corrected chi connectivity index (χ1v) is 8.65. The van der Waals surface area contributed by atoms with Crippen molar-refractivity contribution in [3.8, 4) is 11.3 Å². The highest BCUT2D eigenvalue weighted by Gasteiger charge is 2.18.